The molecule has 0 heterocycles. The van der Waals surface area contributed by atoms with Crippen LogP contribution in [-0.2, 0) is 12.8 Å². The van der Waals surface area contributed by atoms with Crippen LogP contribution in [0.25, 0.3) is 0 Å². The molecule has 1 N–H and O–H groups in total. The van der Waals surface area contributed by atoms with E-state index < -0.39 is 18.3 Å². The molecule has 1 aromatic carbocycles. The molecule has 0 saturated heterocycles. The van der Waals surface area contributed by atoms with Gasteiger partial charge in [-0.2, -0.15) is 13.2 Å². The number of aliphatic hydroxyl groups excluding tert-OH is 1. The standard InChI is InChI=1S/C13H16F3NO/c1-17(7-9-2-3-9)11-5-4-10(8-18)12(6-11)13(14,15)16/h4-6,9,18H,2-3,7-8H2,1H3. The Balaban J connectivity index is 2.26. The third-order valence-electron chi connectivity index (χ3n) is 3.24. The maximum absolute atomic E-state index is 12.8. The van der Waals surface area contributed by atoms with E-state index in [0.717, 1.165) is 25.5 Å². The molecule has 0 bridgehead atoms. The van der Waals surface area contributed by atoms with Gasteiger partial charge in [0.1, 0.15) is 0 Å². The topological polar surface area (TPSA) is 23.5 Å². The summed E-state index contributed by atoms with van der Waals surface area (Å²) in [6.07, 6.45) is -2.11. The molecule has 1 aliphatic rings. The summed E-state index contributed by atoms with van der Waals surface area (Å²) in [5, 5.41) is 8.95. The van der Waals surface area contributed by atoms with E-state index >= 15 is 0 Å². The van der Waals surface area contributed by atoms with E-state index in [1.165, 1.54) is 6.07 Å². The Morgan fingerprint density at radius 3 is 2.50 bits per heavy atom. The fourth-order valence-corrected chi connectivity index (χ4v) is 2.00. The number of anilines is 1. The van der Waals surface area contributed by atoms with Crippen molar-refractivity contribution in [2.24, 2.45) is 5.92 Å². The zero-order valence-corrected chi connectivity index (χ0v) is 10.2. The van der Waals surface area contributed by atoms with Crippen LogP contribution in [0.3, 0.4) is 0 Å². The average molecular weight is 259 g/mol. The van der Waals surface area contributed by atoms with Crippen molar-refractivity contribution in [3.8, 4) is 0 Å². The summed E-state index contributed by atoms with van der Waals surface area (Å²) in [7, 11) is 1.80. The lowest BCUT2D eigenvalue weighted by Crippen LogP contribution is -2.21. The molecule has 2 nitrogen and oxygen atoms in total. The van der Waals surface area contributed by atoms with Gasteiger partial charge in [-0.25, -0.2) is 0 Å². The van der Waals surface area contributed by atoms with Crippen molar-refractivity contribution in [2.75, 3.05) is 18.5 Å². The van der Waals surface area contributed by atoms with Crippen molar-refractivity contribution in [3.05, 3.63) is 29.3 Å². The number of alkyl halides is 3. The predicted octanol–water partition coefficient (Wildman–Crippen LogP) is 3.04. The molecule has 0 atom stereocenters. The van der Waals surface area contributed by atoms with Gasteiger partial charge >= 0.3 is 6.18 Å². The van der Waals surface area contributed by atoms with Crippen LogP contribution in [0.15, 0.2) is 18.2 Å². The average Bonchev–Trinajstić information content (AvgIpc) is 3.11. The molecule has 1 saturated carbocycles. The molecular formula is C13H16F3NO. The van der Waals surface area contributed by atoms with Crippen LogP contribution in [0.5, 0.6) is 0 Å². The fourth-order valence-electron chi connectivity index (χ4n) is 2.00. The van der Waals surface area contributed by atoms with Crippen LogP contribution < -0.4 is 4.90 Å². The molecule has 18 heavy (non-hydrogen) atoms. The molecule has 1 fully saturated rings. The molecule has 0 spiro atoms. The Kier molecular flexibility index (Phi) is 3.52. The van der Waals surface area contributed by atoms with Gasteiger partial charge in [-0.1, -0.05) is 6.07 Å². The second-order valence-electron chi connectivity index (χ2n) is 4.82. The van der Waals surface area contributed by atoms with E-state index in [1.54, 1.807) is 13.1 Å². The number of aliphatic hydroxyl groups is 1. The summed E-state index contributed by atoms with van der Waals surface area (Å²) in [4.78, 5) is 1.84. The number of halogens is 3. The zero-order chi connectivity index (χ0) is 13.3. The molecule has 0 amide bonds. The predicted molar refractivity (Wildman–Crippen MR) is 63.4 cm³/mol. The summed E-state index contributed by atoms with van der Waals surface area (Å²) < 4.78 is 38.5. The Morgan fingerprint density at radius 2 is 2.00 bits per heavy atom. The molecule has 0 aromatic heterocycles. The first kappa shape index (κ1) is 13.2. The van der Waals surface area contributed by atoms with Crippen LogP contribution in [0.1, 0.15) is 24.0 Å². The highest BCUT2D eigenvalue weighted by atomic mass is 19.4. The van der Waals surface area contributed by atoms with Gasteiger partial charge in [0, 0.05) is 19.3 Å². The lowest BCUT2D eigenvalue weighted by atomic mass is 10.1. The minimum absolute atomic E-state index is 0.0777. The second-order valence-corrected chi connectivity index (χ2v) is 4.82. The number of hydrogen-bond donors (Lipinski definition) is 1. The van der Waals surface area contributed by atoms with Crippen LogP contribution in [0.2, 0.25) is 0 Å². The molecule has 100 valence electrons. The van der Waals surface area contributed by atoms with E-state index in [4.69, 9.17) is 5.11 Å². The molecule has 2 rings (SSSR count). The first-order valence-corrected chi connectivity index (χ1v) is 5.94. The third kappa shape index (κ3) is 2.96. The largest absolute Gasteiger partial charge is 0.416 e. The van der Waals surface area contributed by atoms with Crippen molar-refractivity contribution in [1.29, 1.82) is 0 Å². The second kappa shape index (κ2) is 4.80. The highest BCUT2D eigenvalue weighted by Gasteiger charge is 2.34. The lowest BCUT2D eigenvalue weighted by molar-refractivity contribution is -0.138. The van der Waals surface area contributed by atoms with Crippen molar-refractivity contribution < 1.29 is 18.3 Å². The molecule has 0 aliphatic heterocycles. The summed E-state index contributed by atoms with van der Waals surface area (Å²) in [5.41, 5.74) is -0.275. The number of rotatable bonds is 4. The van der Waals surface area contributed by atoms with Gasteiger partial charge in [0.25, 0.3) is 0 Å². The van der Waals surface area contributed by atoms with E-state index in [-0.39, 0.29) is 5.56 Å². The summed E-state index contributed by atoms with van der Waals surface area (Å²) in [5.74, 6) is 0.613. The van der Waals surface area contributed by atoms with Crippen molar-refractivity contribution in [2.45, 2.75) is 25.6 Å². The Morgan fingerprint density at radius 1 is 1.33 bits per heavy atom. The van der Waals surface area contributed by atoms with Gasteiger partial charge in [-0.05, 0) is 36.5 Å². The molecule has 1 aliphatic carbocycles. The van der Waals surface area contributed by atoms with Gasteiger partial charge in [0.2, 0.25) is 0 Å². The zero-order valence-electron chi connectivity index (χ0n) is 10.2. The molecule has 1 aromatic rings. The van der Waals surface area contributed by atoms with E-state index in [1.807, 2.05) is 4.90 Å². The fraction of sp³-hybridized carbons (Fsp3) is 0.538. The van der Waals surface area contributed by atoms with Crippen LogP contribution in [0, 0.1) is 5.92 Å². The highest BCUT2D eigenvalue weighted by Crippen LogP contribution is 2.36. The van der Waals surface area contributed by atoms with Gasteiger partial charge in [-0.3, -0.25) is 0 Å². The molecule has 5 heteroatoms. The molecule has 0 radical (unpaired) electrons. The molecular weight excluding hydrogens is 243 g/mol. The SMILES string of the molecule is CN(CC1CC1)c1ccc(CO)c(C(F)(F)F)c1. The van der Waals surface area contributed by atoms with E-state index in [2.05, 4.69) is 0 Å². The lowest BCUT2D eigenvalue weighted by Gasteiger charge is -2.21. The van der Waals surface area contributed by atoms with Gasteiger partial charge in [0.15, 0.2) is 0 Å². The Labute approximate surface area is 104 Å². The Hall–Kier alpha value is -1.23. The van der Waals surface area contributed by atoms with Crippen molar-refractivity contribution in [3.63, 3.8) is 0 Å². The maximum Gasteiger partial charge on any atom is 0.416 e. The first-order chi connectivity index (χ1) is 8.41. The van der Waals surface area contributed by atoms with Crippen LogP contribution in [0.4, 0.5) is 18.9 Å². The highest BCUT2D eigenvalue weighted by molar-refractivity contribution is 5.51. The van der Waals surface area contributed by atoms with E-state index in [0.29, 0.717) is 11.6 Å². The number of benzene rings is 1. The van der Waals surface area contributed by atoms with Crippen LogP contribution in [-0.4, -0.2) is 18.7 Å². The third-order valence-corrected chi connectivity index (χ3v) is 3.24. The van der Waals surface area contributed by atoms with Gasteiger partial charge in [-0.15, -0.1) is 0 Å². The summed E-state index contributed by atoms with van der Waals surface area (Å²) in [6.45, 7) is 0.192. The summed E-state index contributed by atoms with van der Waals surface area (Å²) >= 11 is 0. The van der Waals surface area contributed by atoms with Gasteiger partial charge in [0.05, 0.1) is 12.2 Å². The minimum atomic E-state index is -4.42. The van der Waals surface area contributed by atoms with Gasteiger partial charge < -0.3 is 10.0 Å². The Bertz CT molecular complexity index is 427. The minimum Gasteiger partial charge on any atom is -0.392 e. The number of hydrogen-bond acceptors (Lipinski definition) is 2. The van der Waals surface area contributed by atoms with Crippen molar-refractivity contribution >= 4 is 5.69 Å². The normalized spacial score (nSPS) is 15.8. The summed E-state index contributed by atoms with van der Waals surface area (Å²) in [6, 6.07) is 4.10. The number of nitrogens with zero attached hydrogens (tertiary/aromatic N) is 1. The quantitative estimate of drug-likeness (QED) is 0.898. The first-order valence-electron chi connectivity index (χ1n) is 5.94. The van der Waals surface area contributed by atoms with E-state index in [9.17, 15) is 13.2 Å². The maximum atomic E-state index is 12.8. The smallest absolute Gasteiger partial charge is 0.392 e. The molecule has 0 unspecified atom stereocenters. The monoisotopic (exact) mass is 259 g/mol. The van der Waals surface area contributed by atoms with Crippen LogP contribution >= 0.6 is 0 Å². The van der Waals surface area contributed by atoms with Crippen molar-refractivity contribution in [1.82, 2.24) is 0 Å².